The molecule has 4 aliphatic rings. The Morgan fingerprint density at radius 3 is 2.60 bits per heavy atom. The maximum atomic E-state index is 12.2. The number of carbonyl (C=O) groups excluding carboxylic acids is 2. The third-order valence-electron chi connectivity index (χ3n) is 8.63. The van der Waals surface area contributed by atoms with Crippen LogP contribution in [-0.4, -0.2) is 33.5 Å². The van der Waals surface area contributed by atoms with Gasteiger partial charge in [0.1, 0.15) is 5.60 Å². The summed E-state index contributed by atoms with van der Waals surface area (Å²) in [4.78, 5) is 24.1. The van der Waals surface area contributed by atoms with Gasteiger partial charge in [0.05, 0.1) is 6.10 Å². The topological polar surface area (TPSA) is 74.6 Å². The summed E-state index contributed by atoms with van der Waals surface area (Å²) < 4.78 is 0. The van der Waals surface area contributed by atoms with Crippen LogP contribution in [0.5, 0.6) is 0 Å². The third kappa shape index (κ3) is 2.07. The number of rotatable bonds is 1. The van der Waals surface area contributed by atoms with Gasteiger partial charge < -0.3 is 10.2 Å². The molecular formula is C21H30O4. The first kappa shape index (κ1) is 17.4. The van der Waals surface area contributed by atoms with Crippen molar-refractivity contribution in [3.8, 4) is 0 Å². The summed E-state index contributed by atoms with van der Waals surface area (Å²) in [5.41, 5.74) is -0.744. The van der Waals surface area contributed by atoms with E-state index in [-0.39, 0.29) is 28.8 Å². The van der Waals surface area contributed by atoms with Gasteiger partial charge >= 0.3 is 0 Å². The summed E-state index contributed by atoms with van der Waals surface area (Å²) >= 11 is 0. The molecule has 0 aliphatic heterocycles. The van der Waals surface area contributed by atoms with Crippen LogP contribution in [0, 0.1) is 28.6 Å². The van der Waals surface area contributed by atoms with Crippen LogP contribution in [0.25, 0.3) is 0 Å². The monoisotopic (exact) mass is 346 g/mol. The van der Waals surface area contributed by atoms with Crippen LogP contribution in [0.2, 0.25) is 0 Å². The Morgan fingerprint density at radius 2 is 1.92 bits per heavy atom. The highest BCUT2D eigenvalue weighted by Gasteiger charge is 2.67. The SMILES string of the molecule is CC(=O)[C@]1(O)CC[C@@H]2[C@H]3CCC4=CC(=O)CC[C@]4(C)[C@@H]3[C@@H](O)C[C@]21C. The number of hydrogen-bond acceptors (Lipinski definition) is 4. The highest BCUT2D eigenvalue weighted by atomic mass is 16.3. The maximum absolute atomic E-state index is 12.2. The van der Waals surface area contributed by atoms with E-state index in [1.54, 1.807) is 0 Å². The molecule has 138 valence electrons. The first-order chi connectivity index (χ1) is 11.6. The van der Waals surface area contributed by atoms with E-state index in [4.69, 9.17) is 0 Å². The van der Waals surface area contributed by atoms with E-state index >= 15 is 0 Å². The van der Waals surface area contributed by atoms with Crippen molar-refractivity contribution in [1.29, 1.82) is 0 Å². The summed E-state index contributed by atoms with van der Waals surface area (Å²) in [5, 5.41) is 22.3. The molecule has 0 aromatic heterocycles. The fourth-order valence-electron chi connectivity index (χ4n) is 7.27. The van der Waals surface area contributed by atoms with E-state index in [0.717, 1.165) is 25.7 Å². The lowest BCUT2D eigenvalue weighted by molar-refractivity contribution is -0.179. The predicted molar refractivity (Wildman–Crippen MR) is 93.7 cm³/mol. The van der Waals surface area contributed by atoms with Crippen LogP contribution in [0.15, 0.2) is 11.6 Å². The van der Waals surface area contributed by atoms with Crippen molar-refractivity contribution in [2.24, 2.45) is 28.6 Å². The van der Waals surface area contributed by atoms with E-state index in [2.05, 4.69) is 6.92 Å². The van der Waals surface area contributed by atoms with Gasteiger partial charge in [-0.3, -0.25) is 9.59 Å². The van der Waals surface area contributed by atoms with Gasteiger partial charge in [-0.1, -0.05) is 19.4 Å². The van der Waals surface area contributed by atoms with Crippen LogP contribution in [0.3, 0.4) is 0 Å². The molecule has 4 aliphatic carbocycles. The van der Waals surface area contributed by atoms with Crippen molar-refractivity contribution in [2.75, 3.05) is 0 Å². The van der Waals surface area contributed by atoms with E-state index in [1.807, 2.05) is 13.0 Å². The molecule has 0 saturated heterocycles. The zero-order valence-electron chi connectivity index (χ0n) is 15.5. The number of aliphatic hydroxyl groups excluding tert-OH is 1. The Bertz CT molecular complexity index is 667. The van der Waals surface area contributed by atoms with Crippen LogP contribution in [-0.2, 0) is 9.59 Å². The average molecular weight is 346 g/mol. The molecule has 2 N–H and O–H groups in total. The lowest BCUT2D eigenvalue weighted by atomic mass is 9.45. The molecule has 0 aromatic rings. The van der Waals surface area contributed by atoms with Gasteiger partial charge in [-0.05, 0) is 74.7 Å². The number of Topliss-reactive ketones (excluding diaryl/α,β-unsaturated/α-hetero) is 1. The van der Waals surface area contributed by atoms with Crippen molar-refractivity contribution >= 4 is 11.6 Å². The van der Waals surface area contributed by atoms with Gasteiger partial charge in [0, 0.05) is 11.8 Å². The quantitative estimate of drug-likeness (QED) is 0.766. The number of ketones is 2. The largest absolute Gasteiger partial charge is 0.393 e. The minimum Gasteiger partial charge on any atom is -0.393 e. The number of carbonyl (C=O) groups is 2. The van der Waals surface area contributed by atoms with Gasteiger partial charge in [-0.25, -0.2) is 0 Å². The van der Waals surface area contributed by atoms with Crippen molar-refractivity contribution in [1.82, 2.24) is 0 Å². The molecule has 0 heterocycles. The van der Waals surface area contributed by atoms with Crippen LogP contribution < -0.4 is 0 Å². The minimum absolute atomic E-state index is 0.117. The third-order valence-corrected chi connectivity index (χ3v) is 8.63. The van der Waals surface area contributed by atoms with Gasteiger partial charge in [-0.15, -0.1) is 0 Å². The standard InChI is InChI=1S/C21H30O4/c1-12(22)21(25)9-7-16-15-5-4-13-10-14(23)6-8-19(13,2)18(15)17(24)11-20(16,21)3/h10,15-18,24-25H,4-9,11H2,1-3H3/t15-,16-,17+,18+,19+,20-,21-/m1/s1. The van der Waals surface area contributed by atoms with Crippen LogP contribution >= 0.6 is 0 Å². The second-order valence-corrected chi connectivity index (χ2v) is 9.53. The van der Waals surface area contributed by atoms with Crippen molar-refractivity contribution in [3.05, 3.63) is 11.6 Å². The fourth-order valence-corrected chi connectivity index (χ4v) is 7.27. The molecule has 3 fully saturated rings. The smallest absolute Gasteiger partial charge is 0.161 e. The summed E-state index contributed by atoms with van der Waals surface area (Å²) in [6, 6.07) is 0. The molecule has 0 bridgehead atoms. The highest BCUT2D eigenvalue weighted by Crippen LogP contribution is 2.67. The average Bonchev–Trinajstić information content (AvgIpc) is 2.80. The molecule has 4 heteroatoms. The first-order valence-electron chi connectivity index (χ1n) is 9.79. The second-order valence-electron chi connectivity index (χ2n) is 9.53. The molecule has 4 rings (SSSR count). The fraction of sp³-hybridized carbons (Fsp3) is 0.810. The first-order valence-corrected chi connectivity index (χ1v) is 9.79. The molecule has 7 atom stereocenters. The second kappa shape index (κ2) is 5.26. The van der Waals surface area contributed by atoms with E-state index < -0.39 is 17.1 Å². The Kier molecular flexibility index (Phi) is 3.66. The Morgan fingerprint density at radius 1 is 1.20 bits per heavy atom. The molecule has 0 spiro atoms. The van der Waals surface area contributed by atoms with Crippen molar-refractivity contribution in [3.63, 3.8) is 0 Å². The van der Waals surface area contributed by atoms with Crippen molar-refractivity contribution < 1.29 is 19.8 Å². The summed E-state index contributed by atoms with van der Waals surface area (Å²) in [6.07, 6.45) is 6.38. The number of hydrogen-bond donors (Lipinski definition) is 2. The summed E-state index contributed by atoms with van der Waals surface area (Å²) in [5.74, 6) is 0.776. The minimum atomic E-state index is -1.30. The van der Waals surface area contributed by atoms with Gasteiger partial charge in [0.25, 0.3) is 0 Å². The Hall–Kier alpha value is -1.00. The molecule has 0 amide bonds. The number of aliphatic hydroxyl groups is 2. The van der Waals surface area contributed by atoms with Crippen LogP contribution in [0.4, 0.5) is 0 Å². The predicted octanol–water partition coefficient (Wildman–Crippen LogP) is 2.81. The zero-order valence-corrected chi connectivity index (χ0v) is 15.5. The summed E-state index contributed by atoms with van der Waals surface area (Å²) in [6.45, 7) is 5.73. The van der Waals surface area contributed by atoms with Gasteiger partial charge in [0.15, 0.2) is 11.6 Å². The maximum Gasteiger partial charge on any atom is 0.161 e. The number of allylic oxidation sites excluding steroid dienone is 1. The molecule has 4 nitrogen and oxygen atoms in total. The van der Waals surface area contributed by atoms with Gasteiger partial charge in [0.2, 0.25) is 0 Å². The molecule has 3 saturated carbocycles. The molecule has 0 aromatic carbocycles. The Labute approximate surface area is 149 Å². The summed E-state index contributed by atoms with van der Waals surface area (Å²) in [7, 11) is 0. The molecular weight excluding hydrogens is 316 g/mol. The number of fused-ring (bicyclic) bond motifs is 5. The van der Waals surface area contributed by atoms with Gasteiger partial charge in [-0.2, -0.15) is 0 Å². The van der Waals surface area contributed by atoms with Crippen LogP contribution in [0.1, 0.15) is 65.7 Å². The lowest BCUT2D eigenvalue weighted by Crippen LogP contribution is -2.61. The molecule has 25 heavy (non-hydrogen) atoms. The van der Waals surface area contributed by atoms with E-state index in [1.165, 1.54) is 12.5 Å². The Balaban J connectivity index is 1.75. The van der Waals surface area contributed by atoms with E-state index in [9.17, 15) is 19.8 Å². The molecule has 0 unspecified atom stereocenters. The lowest BCUT2D eigenvalue weighted by Gasteiger charge is -2.60. The van der Waals surface area contributed by atoms with E-state index in [0.29, 0.717) is 25.2 Å². The molecule has 0 radical (unpaired) electrons. The zero-order chi connectivity index (χ0) is 18.2. The van der Waals surface area contributed by atoms with Crippen molar-refractivity contribution in [2.45, 2.75) is 77.4 Å². The normalized spacial score (nSPS) is 52.0. The highest BCUT2D eigenvalue weighted by molar-refractivity contribution is 5.91.